The molecular formula is C9H14O3. The smallest absolute Gasteiger partial charge is 0.152 e. The molecule has 0 aromatic heterocycles. The molecule has 3 heteroatoms. The Morgan fingerprint density at radius 1 is 1.50 bits per heavy atom. The molecule has 0 heterocycles. The van der Waals surface area contributed by atoms with Gasteiger partial charge in [-0.15, -0.1) is 0 Å². The molecule has 1 aliphatic carbocycles. The summed E-state index contributed by atoms with van der Waals surface area (Å²) in [5.41, 5.74) is 0.993. The van der Waals surface area contributed by atoms with Crippen LogP contribution in [0.25, 0.3) is 0 Å². The topological polar surface area (TPSA) is 60.7 Å². The third kappa shape index (κ3) is 1.80. The molecule has 68 valence electrons. The monoisotopic (exact) mass is 170 g/mol. The van der Waals surface area contributed by atoms with Crippen molar-refractivity contribution < 1.29 is 15.3 Å². The van der Waals surface area contributed by atoms with Crippen LogP contribution in [0.4, 0.5) is 0 Å². The molecule has 1 rings (SSSR count). The van der Waals surface area contributed by atoms with E-state index in [1.165, 1.54) is 0 Å². The van der Waals surface area contributed by atoms with E-state index < -0.39 is 0 Å². The van der Waals surface area contributed by atoms with Crippen LogP contribution in [0.15, 0.2) is 23.2 Å². The third-order valence-corrected chi connectivity index (χ3v) is 2.15. The summed E-state index contributed by atoms with van der Waals surface area (Å²) < 4.78 is 0. The Morgan fingerprint density at radius 2 is 2.17 bits per heavy atom. The van der Waals surface area contributed by atoms with Crippen molar-refractivity contribution in [3.05, 3.63) is 23.2 Å². The summed E-state index contributed by atoms with van der Waals surface area (Å²) in [6.45, 7) is 2.05. The summed E-state index contributed by atoms with van der Waals surface area (Å²) in [5, 5.41) is 27.0. The standard InChI is InChI=1S/C9H14O3/c1-6-4-8(11)9(12)5-7(6)2-3-10/h5-6,10-12H,2-4H2,1H3. The van der Waals surface area contributed by atoms with E-state index in [0.29, 0.717) is 12.8 Å². The Hall–Kier alpha value is -0.960. The van der Waals surface area contributed by atoms with Gasteiger partial charge < -0.3 is 15.3 Å². The van der Waals surface area contributed by atoms with Crippen molar-refractivity contribution in [2.45, 2.75) is 19.8 Å². The van der Waals surface area contributed by atoms with Gasteiger partial charge in [0.1, 0.15) is 5.76 Å². The van der Waals surface area contributed by atoms with Crippen molar-refractivity contribution >= 4 is 0 Å². The van der Waals surface area contributed by atoms with Gasteiger partial charge in [0, 0.05) is 13.0 Å². The molecule has 0 bridgehead atoms. The molecule has 0 radical (unpaired) electrons. The number of rotatable bonds is 2. The molecule has 1 atom stereocenters. The Labute approximate surface area is 71.7 Å². The van der Waals surface area contributed by atoms with Crippen molar-refractivity contribution in [2.24, 2.45) is 5.92 Å². The molecule has 0 aromatic rings. The number of aliphatic hydroxyl groups excluding tert-OH is 3. The van der Waals surface area contributed by atoms with Crippen LogP contribution in [-0.4, -0.2) is 21.9 Å². The molecule has 1 aliphatic rings. The van der Waals surface area contributed by atoms with Crippen LogP contribution < -0.4 is 0 Å². The lowest BCUT2D eigenvalue weighted by molar-refractivity contribution is 0.278. The maximum absolute atomic E-state index is 9.16. The van der Waals surface area contributed by atoms with E-state index in [4.69, 9.17) is 15.3 Å². The van der Waals surface area contributed by atoms with Crippen molar-refractivity contribution in [1.82, 2.24) is 0 Å². The van der Waals surface area contributed by atoms with Crippen molar-refractivity contribution in [2.75, 3.05) is 6.61 Å². The summed E-state index contributed by atoms with van der Waals surface area (Å²) in [4.78, 5) is 0. The van der Waals surface area contributed by atoms with Crippen LogP contribution in [0, 0.1) is 5.92 Å². The lowest BCUT2D eigenvalue weighted by Crippen LogP contribution is -2.09. The highest BCUT2D eigenvalue weighted by atomic mass is 16.3. The molecule has 0 spiro atoms. The van der Waals surface area contributed by atoms with Gasteiger partial charge in [0.2, 0.25) is 0 Å². The highest BCUT2D eigenvalue weighted by molar-refractivity contribution is 5.27. The molecule has 0 amide bonds. The Kier molecular flexibility index (Phi) is 2.76. The average molecular weight is 170 g/mol. The summed E-state index contributed by atoms with van der Waals surface area (Å²) in [6, 6.07) is 0. The minimum absolute atomic E-state index is 0.0455. The minimum Gasteiger partial charge on any atom is -0.508 e. The predicted molar refractivity (Wildman–Crippen MR) is 45.9 cm³/mol. The maximum Gasteiger partial charge on any atom is 0.152 e. The van der Waals surface area contributed by atoms with Gasteiger partial charge in [-0.3, -0.25) is 0 Å². The van der Waals surface area contributed by atoms with Gasteiger partial charge in [0.25, 0.3) is 0 Å². The summed E-state index contributed by atoms with van der Waals surface area (Å²) in [5.74, 6) is 0.203. The molecule has 0 aromatic carbocycles. The number of hydrogen-bond acceptors (Lipinski definition) is 3. The van der Waals surface area contributed by atoms with E-state index in [9.17, 15) is 0 Å². The van der Waals surface area contributed by atoms with Crippen molar-refractivity contribution in [3.8, 4) is 0 Å². The van der Waals surface area contributed by atoms with Crippen LogP contribution in [-0.2, 0) is 0 Å². The van der Waals surface area contributed by atoms with Gasteiger partial charge in [0.05, 0.1) is 0 Å². The lowest BCUT2D eigenvalue weighted by Gasteiger charge is -2.19. The van der Waals surface area contributed by atoms with Crippen LogP contribution in [0.1, 0.15) is 19.8 Å². The molecule has 1 unspecified atom stereocenters. The van der Waals surface area contributed by atoms with Gasteiger partial charge >= 0.3 is 0 Å². The molecule has 0 saturated heterocycles. The normalized spacial score (nSPS) is 24.2. The predicted octanol–water partition coefficient (Wildman–Crippen LogP) is 1.66. The Bertz CT molecular complexity index is 228. The minimum atomic E-state index is -0.0587. The van der Waals surface area contributed by atoms with E-state index in [1.807, 2.05) is 6.92 Å². The second kappa shape index (κ2) is 3.63. The molecule has 12 heavy (non-hydrogen) atoms. The molecular weight excluding hydrogens is 156 g/mol. The Morgan fingerprint density at radius 3 is 2.75 bits per heavy atom. The zero-order valence-corrected chi connectivity index (χ0v) is 7.12. The highest BCUT2D eigenvalue weighted by Gasteiger charge is 2.18. The Balaban J connectivity index is 2.78. The van der Waals surface area contributed by atoms with Gasteiger partial charge in [0.15, 0.2) is 5.76 Å². The highest BCUT2D eigenvalue weighted by Crippen LogP contribution is 2.28. The SMILES string of the molecule is CC1CC(O)=C(O)C=C1CCO. The first-order valence-electron chi connectivity index (χ1n) is 4.07. The summed E-state index contributed by atoms with van der Waals surface area (Å²) in [6.07, 6.45) is 2.58. The zero-order valence-electron chi connectivity index (χ0n) is 7.12. The fourth-order valence-corrected chi connectivity index (χ4v) is 1.37. The third-order valence-electron chi connectivity index (χ3n) is 2.15. The van der Waals surface area contributed by atoms with Crippen LogP contribution in [0.2, 0.25) is 0 Å². The molecule has 0 aliphatic heterocycles. The van der Waals surface area contributed by atoms with Crippen LogP contribution in [0.3, 0.4) is 0 Å². The average Bonchev–Trinajstić information content (AvgIpc) is 2.01. The second-order valence-electron chi connectivity index (χ2n) is 3.13. The van der Waals surface area contributed by atoms with E-state index in [2.05, 4.69) is 0 Å². The van der Waals surface area contributed by atoms with E-state index >= 15 is 0 Å². The number of hydrogen-bond donors (Lipinski definition) is 3. The molecule has 3 N–H and O–H groups in total. The first kappa shape index (κ1) is 9.13. The summed E-state index contributed by atoms with van der Waals surface area (Å²) in [7, 11) is 0. The first-order chi connectivity index (χ1) is 5.65. The van der Waals surface area contributed by atoms with Gasteiger partial charge in [-0.25, -0.2) is 0 Å². The van der Waals surface area contributed by atoms with E-state index in [-0.39, 0.29) is 24.0 Å². The van der Waals surface area contributed by atoms with Crippen LogP contribution >= 0.6 is 0 Å². The molecule has 3 nitrogen and oxygen atoms in total. The fraction of sp³-hybridized carbons (Fsp3) is 0.556. The van der Waals surface area contributed by atoms with Crippen LogP contribution in [0.5, 0.6) is 0 Å². The van der Waals surface area contributed by atoms with Gasteiger partial charge in [-0.2, -0.15) is 0 Å². The zero-order chi connectivity index (χ0) is 9.14. The van der Waals surface area contributed by atoms with Crippen molar-refractivity contribution in [3.63, 3.8) is 0 Å². The number of allylic oxidation sites excluding steroid dienone is 2. The van der Waals surface area contributed by atoms with Crippen molar-refractivity contribution in [1.29, 1.82) is 0 Å². The summed E-state index contributed by atoms with van der Waals surface area (Å²) >= 11 is 0. The van der Waals surface area contributed by atoms with E-state index in [0.717, 1.165) is 5.57 Å². The quantitative estimate of drug-likeness (QED) is 0.590. The largest absolute Gasteiger partial charge is 0.508 e. The fourth-order valence-electron chi connectivity index (χ4n) is 1.37. The molecule has 0 saturated carbocycles. The van der Waals surface area contributed by atoms with E-state index in [1.54, 1.807) is 6.08 Å². The first-order valence-corrected chi connectivity index (χ1v) is 4.07. The number of aliphatic hydroxyl groups is 3. The molecule has 0 fully saturated rings. The second-order valence-corrected chi connectivity index (χ2v) is 3.13. The van der Waals surface area contributed by atoms with Gasteiger partial charge in [-0.1, -0.05) is 12.5 Å². The maximum atomic E-state index is 9.16. The lowest BCUT2D eigenvalue weighted by atomic mass is 9.89. The van der Waals surface area contributed by atoms with Gasteiger partial charge in [-0.05, 0) is 18.4 Å².